The van der Waals surface area contributed by atoms with Gasteiger partial charge in [0.15, 0.2) is 0 Å². The number of nitrogens with one attached hydrogen (secondary N) is 1. The van der Waals surface area contributed by atoms with Crippen LogP contribution in [-0.4, -0.2) is 63.5 Å². The Hall–Kier alpha value is -0.160. The molecular weight excluding hydrogens is 228 g/mol. The predicted octanol–water partition coefficient (Wildman–Crippen LogP) is 1.36. The van der Waals surface area contributed by atoms with E-state index >= 15 is 0 Å². The molecule has 0 aromatic heterocycles. The van der Waals surface area contributed by atoms with Crippen LogP contribution in [-0.2, 0) is 9.47 Å². The lowest BCUT2D eigenvalue weighted by atomic mass is 9.93. The van der Waals surface area contributed by atoms with E-state index in [-0.39, 0.29) is 0 Å². The Labute approximate surface area is 112 Å². The molecule has 1 aliphatic heterocycles. The molecule has 0 aliphatic carbocycles. The minimum Gasteiger partial charge on any atom is -0.380 e. The number of piperidine rings is 1. The highest BCUT2D eigenvalue weighted by atomic mass is 16.5. The zero-order valence-electron chi connectivity index (χ0n) is 12.3. The van der Waals surface area contributed by atoms with E-state index in [4.69, 9.17) is 9.47 Å². The molecule has 0 radical (unpaired) electrons. The maximum absolute atomic E-state index is 5.50. The molecule has 0 aromatic rings. The normalized spacial score (nSPS) is 24.7. The highest BCUT2D eigenvalue weighted by Crippen LogP contribution is 2.17. The molecule has 0 spiro atoms. The summed E-state index contributed by atoms with van der Waals surface area (Å²) in [4.78, 5) is 2.55. The number of rotatable bonds is 9. The lowest BCUT2D eigenvalue weighted by Crippen LogP contribution is -2.50. The van der Waals surface area contributed by atoms with Crippen LogP contribution in [0.5, 0.6) is 0 Å². The standard InChI is InChI=1S/C14H30N2O2/c1-4-17-10-8-16(9-11-18-5-2)14-6-7-15-12-13(14)3/h13-15H,4-12H2,1-3H3. The second-order valence-electron chi connectivity index (χ2n) is 4.97. The van der Waals surface area contributed by atoms with Crippen molar-refractivity contribution in [1.82, 2.24) is 10.2 Å². The Kier molecular flexibility index (Phi) is 8.59. The average Bonchev–Trinajstić information content (AvgIpc) is 2.38. The molecule has 0 saturated carbocycles. The first-order chi connectivity index (χ1) is 8.79. The van der Waals surface area contributed by atoms with Crippen molar-refractivity contribution in [2.24, 2.45) is 5.92 Å². The molecule has 108 valence electrons. The summed E-state index contributed by atoms with van der Waals surface area (Å²) in [5.41, 5.74) is 0. The van der Waals surface area contributed by atoms with Crippen molar-refractivity contribution >= 4 is 0 Å². The zero-order valence-corrected chi connectivity index (χ0v) is 12.3. The van der Waals surface area contributed by atoms with Crippen LogP contribution < -0.4 is 5.32 Å². The third-order valence-electron chi connectivity index (χ3n) is 3.66. The van der Waals surface area contributed by atoms with Crippen molar-refractivity contribution in [2.75, 3.05) is 52.6 Å². The molecule has 0 aromatic carbocycles. The summed E-state index contributed by atoms with van der Waals surface area (Å²) in [6, 6.07) is 0.673. The van der Waals surface area contributed by atoms with E-state index in [9.17, 15) is 0 Å². The first kappa shape index (κ1) is 15.9. The summed E-state index contributed by atoms with van der Waals surface area (Å²) in [7, 11) is 0. The second kappa shape index (κ2) is 9.73. The SMILES string of the molecule is CCOCCN(CCOCC)C1CCNCC1C. The fourth-order valence-electron chi connectivity index (χ4n) is 2.64. The third-order valence-corrected chi connectivity index (χ3v) is 3.66. The van der Waals surface area contributed by atoms with Crippen molar-refractivity contribution in [1.29, 1.82) is 0 Å². The first-order valence-electron chi connectivity index (χ1n) is 7.39. The van der Waals surface area contributed by atoms with Crippen LogP contribution in [0, 0.1) is 5.92 Å². The number of ether oxygens (including phenoxy) is 2. The summed E-state index contributed by atoms with van der Waals surface area (Å²) in [6.45, 7) is 14.0. The van der Waals surface area contributed by atoms with Crippen molar-refractivity contribution in [3.8, 4) is 0 Å². The van der Waals surface area contributed by atoms with Gasteiger partial charge in [-0.05, 0) is 39.3 Å². The maximum Gasteiger partial charge on any atom is 0.0593 e. The Morgan fingerprint density at radius 2 is 1.72 bits per heavy atom. The molecule has 1 N–H and O–H groups in total. The van der Waals surface area contributed by atoms with Gasteiger partial charge in [0, 0.05) is 32.3 Å². The Bertz CT molecular complexity index is 192. The van der Waals surface area contributed by atoms with Gasteiger partial charge in [0.25, 0.3) is 0 Å². The van der Waals surface area contributed by atoms with E-state index in [0.29, 0.717) is 12.0 Å². The molecule has 1 saturated heterocycles. The lowest BCUT2D eigenvalue weighted by Gasteiger charge is -2.38. The highest BCUT2D eigenvalue weighted by molar-refractivity contribution is 4.83. The smallest absolute Gasteiger partial charge is 0.0593 e. The monoisotopic (exact) mass is 258 g/mol. The average molecular weight is 258 g/mol. The lowest BCUT2D eigenvalue weighted by molar-refractivity contribution is 0.0403. The molecule has 18 heavy (non-hydrogen) atoms. The summed E-state index contributed by atoms with van der Waals surface area (Å²) < 4.78 is 11.0. The van der Waals surface area contributed by atoms with Crippen molar-refractivity contribution in [2.45, 2.75) is 33.2 Å². The maximum atomic E-state index is 5.50. The largest absolute Gasteiger partial charge is 0.380 e. The molecule has 1 rings (SSSR count). The van der Waals surface area contributed by atoms with E-state index in [1.54, 1.807) is 0 Å². The van der Waals surface area contributed by atoms with Crippen LogP contribution in [0.4, 0.5) is 0 Å². The van der Waals surface area contributed by atoms with Crippen LogP contribution in [0.2, 0.25) is 0 Å². The molecule has 0 bridgehead atoms. The van der Waals surface area contributed by atoms with Crippen LogP contribution in [0.15, 0.2) is 0 Å². The summed E-state index contributed by atoms with van der Waals surface area (Å²) >= 11 is 0. The zero-order chi connectivity index (χ0) is 13.2. The van der Waals surface area contributed by atoms with Gasteiger partial charge in [-0.1, -0.05) is 6.92 Å². The van der Waals surface area contributed by atoms with Gasteiger partial charge in [-0.15, -0.1) is 0 Å². The topological polar surface area (TPSA) is 33.7 Å². The molecule has 1 aliphatic rings. The molecule has 2 atom stereocenters. The number of nitrogens with zero attached hydrogens (tertiary/aromatic N) is 1. The van der Waals surface area contributed by atoms with Crippen LogP contribution in [0.1, 0.15) is 27.2 Å². The molecule has 2 unspecified atom stereocenters. The Morgan fingerprint density at radius 3 is 2.22 bits per heavy atom. The third kappa shape index (κ3) is 5.65. The van der Waals surface area contributed by atoms with Gasteiger partial charge in [0.1, 0.15) is 0 Å². The molecule has 1 heterocycles. The summed E-state index contributed by atoms with van der Waals surface area (Å²) in [5, 5.41) is 3.46. The second-order valence-corrected chi connectivity index (χ2v) is 4.97. The van der Waals surface area contributed by atoms with Crippen molar-refractivity contribution in [3.63, 3.8) is 0 Å². The van der Waals surface area contributed by atoms with E-state index < -0.39 is 0 Å². The van der Waals surface area contributed by atoms with E-state index in [0.717, 1.165) is 52.6 Å². The minimum atomic E-state index is 0.673. The molecule has 4 nitrogen and oxygen atoms in total. The van der Waals surface area contributed by atoms with Gasteiger partial charge >= 0.3 is 0 Å². The molecule has 0 amide bonds. The molecule has 4 heteroatoms. The van der Waals surface area contributed by atoms with E-state index in [2.05, 4.69) is 31.0 Å². The van der Waals surface area contributed by atoms with Crippen LogP contribution >= 0.6 is 0 Å². The molecular formula is C14H30N2O2. The fraction of sp³-hybridized carbons (Fsp3) is 1.00. The van der Waals surface area contributed by atoms with Gasteiger partial charge < -0.3 is 14.8 Å². The van der Waals surface area contributed by atoms with Gasteiger partial charge in [0.2, 0.25) is 0 Å². The highest BCUT2D eigenvalue weighted by Gasteiger charge is 2.26. The van der Waals surface area contributed by atoms with E-state index in [1.165, 1.54) is 6.42 Å². The van der Waals surface area contributed by atoms with E-state index in [1.807, 2.05) is 0 Å². The number of hydrogen-bond acceptors (Lipinski definition) is 4. The minimum absolute atomic E-state index is 0.673. The van der Waals surface area contributed by atoms with Gasteiger partial charge in [-0.2, -0.15) is 0 Å². The summed E-state index contributed by atoms with van der Waals surface area (Å²) in [6.07, 6.45) is 1.24. The predicted molar refractivity (Wildman–Crippen MR) is 75.0 cm³/mol. The van der Waals surface area contributed by atoms with Crippen LogP contribution in [0.3, 0.4) is 0 Å². The van der Waals surface area contributed by atoms with Crippen LogP contribution in [0.25, 0.3) is 0 Å². The van der Waals surface area contributed by atoms with Gasteiger partial charge in [0.05, 0.1) is 13.2 Å². The Morgan fingerprint density at radius 1 is 1.11 bits per heavy atom. The van der Waals surface area contributed by atoms with Crippen molar-refractivity contribution in [3.05, 3.63) is 0 Å². The van der Waals surface area contributed by atoms with Gasteiger partial charge in [-0.3, -0.25) is 4.90 Å². The fourth-order valence-corrected chi connectivity index (χ4v) is 2.64. The van der Waals surface area contributed by atoms with Gasteiger partial charge in [-0.25, -0.2) is 0 Å². The Balaban J connectivity index is 2.40. The number of hydrogen-bond donors (Lipinski definition) is 1. The quantitative estimate of drug-likeness (QED) is 0.633. The molecule has 1 fully saturated rings. The first-order valence-corrected chi connectivity index (χ1v) is 7.39. The van der Waals surface area contributed by atoms with Crippen molar-refractivity contribution < 1.29 is 9.47 Å². The summed E-state index contributed by atoms with van der Waals surface area (Å²) in [5.74, 6) is 0.710.